The molecule has 0 amide bonds. The van der Waals surface area contributed by atoms with Crippen LogP contribution >= 0.6 is 23.2 Å². The largest absolute Gasteiger partial charge is 0.468 e. The first kappa shape index (κ1) is 20.3. The van der Waals surface area contributed by atoms with E-state index in [0.29, 0.717) is 41.7 Å². The van der Waals surface area contributed by atoms with Gasteiger partial charge in [0, 0.05) is 30.1 Å². The first-order valence-corrected chi connectivity index (χ1v) is 10.5. The third-order valence-corrected chi connectivity index (χ3v) is 6.95. The number of fused-ring (bicyclic) bond motifs is 1. The summed E-state index contributed by atoms with van der Waals surface area (Å²) in [6.45, 7) is 1.14. The van der Waals surface area contributed by atoms with Crippen molar-refractivity contribution in [2.45, 2.75) is 23.3 Å². The van der Waals surface area contributed by atoms with Crippen LogP contribution in [0, 0.1) is 0 Å². The number of piperidine rings is 1. The smallest absolute Gasteiger partial charge is 0.327 e. The van der Waals surface area contributed by atoms with E-state index in [-0.39, 0.29) is 10.0 Å². The number of carbonyl (C=O) groups is 1. The molecule has 0 atom stereocenters. The van der Waals surface area contributed by atoms with E-state index in [2.05, 4.69) is 9.71 Å². The molecule has 1 N–H and O–H groups in total. The number of sulfonamides is 1. The first-order valence-electron chi connectivity index (χ1n) is 8.23. The molecule has 1 aromatic carbocycles. The standard InChI is InChI=1S/C17H19Cl2N3O4S/c1-22-7-5-17(6-8-22,16(23)26-2)21-27(24,25)11-3-4-12-13(9-11)15(19)20-10-14(12)18/h3-4,9-10,21H,5-8H2,1-2H3. The minimum Gasteiger partial charge on any atom is -0.468 e. The van der Waals surface area contributed by atoms with E-state index in [9.17, 15) is 13.2 Å². The van der Waals surface area contributed by atoms with E-state index in [0.717, 1.165) is 0 Å². The summed E-state index contributed by atoms with van der Waals surface area (Å²) in [5, 5.41) is 1.53. The van der Waals surface area contributed by atoms with Gasteiger partial charge in [-0.2, -0.15) is 4.72 Å². The van der Waals surface area contributed by atoms with Crippen LogP contribution in [-0.4, -0.2) is 57.1 Å². The Morgan fingerprint density at radius 2 is 1.93 bits per heavy atom. The van der Waals surface area contributed by atoms with E-state index in [1.54, 1.807) is 6.07 Å². The second kappa shape index (κ2) is 7.52. The number of ether oxygens (including phenoxy) is 1. The molecule has 3 rings (SSSR count). The van der Waals surface area contributed by atoms with Gasteiger partial charge in [0.15, 0.2) is 0 Å². The number of pyridine rings is 1. The van der Waals surface area contributed by atoms with E-state index in [1.807, 2.05) is 11.9 Å². The fourth-order valence-corrected chi connectivity index (χ4v) is 5.04. The van der Waals surface area contributed by atoms with Gasteiger partial charge in [0.1, 0.15) is 10.7 Å². The van der Waals surface area contributed by atoms with Crippen molar-refractivity contribution in [2.24, 2.45) is 0 Å². The number of hydrogen-bond acceptors (Lipinski definition) is 6. The molecule has 0 aliphatic carbocycles. The van der Waals surface area contributed by atoms with Crippen molar-refractivity contribution < 1.29 is 17.9 Å². The number of hydrogen-bond donors (Lipinski definition) is 1. The molecule has 0 bridgehead atoms. The van der Waals surface area contributed by atoms with Gasteiger partial charge in [0.25, 0.3) is 0 Å². The molecule has 27 heavy (non-hydrogen) atoms. The molecule has 0 radical (unpaired) electrons. The molecule has 0 unspecified atom stereocenters. The zero-order valence-electron chi connectivity index (χ0n) is 14.8. The molecule has 1 aromatic heterocycles. The fraction of sp³-hybridized carbons (Fsp3) is 0.412. The Kier molecular flexibility index (Phi) is 5.65. The third kappa shape index (κ3) is 3.90. The van der Waals surface area contributed by atoms with Gasteiger partial charge < -0.3 is 9.64 Å². The number of aromatic nitrogens is 1. The topological polar surface area (TPSA) is 88.6 Å². The number of halogens is 2. The maximum absolute atomic E-state index is 13.0. The van der Waals surface area contributed by atoms with E-state index >= 15 is 0 Å². The van der Waals surface area contributed by atoms with Gasteiger partial charge in [-0.15, -0.1) is 0 Å². The molecule has 146 valence electrons. The number of nitrogens with zero attached hydrogens (tertiary/aromatic N) is 2. The molecular weight excluding hydrogens is 413 g/mol. The van der Waals surface area contributed by atoms with E-state index in [1.165, 1.54) is 25.4 Å². The third-order valence-electron chi connectivity index (χ3n) is 4.82. The van der Waals surface area contributed by atoms with Crippen LogP contribution in [0.4, 0.5) is 0 Å². The predicted molar refractivity (Wildman–Crippen MR) is 104 cm³/mol. The monoisotopic (exact) mass is 431 g/mol. The lowest BCUT2D eigenvalue weighted by molar-refractivity contribution is -0.149. The molecule has 2 aromatic rings. The maximum atomic E-state index is 13.0. The molecule has 1 fully saturated rings. The number of rotatable bonds is 4. The van der Waals surface area contributed by atoms with Gasteiger partial charge in [0.2, 0.25) is 10.0 Å². The zero-order valence-corrected chi connectivity index (χ0v) is 17.2. The lowest BCUT2D eigenvalue weighted by Crippen LogP contribution is -2.59. The molecule has 0 spiro atoms. The number of benzene rings is 1. The molecule has 0 saturated carbocycles. The Bertz CT molecular complexity index is 989. The Balaban J connectivity index is 2.01. The molecule has 10 heteroatoms. The van der Waals surface area contributed by atoms with Gasteiger partial charge in [-0.05, 0) is 32.0 Å². The highest BCUT2D eigenvalue weighted by molar-refractivity contribution is 7.89. The average molecular weight is 432 g/mol. The second-order valence-electron chi connectivity index (χ2n) is 6.59. The van der Waals surface area contributed by atoms with Gasteiger partial charge in [-0.3, -0.25) is 4.79 Å². The van der Waals surface area contributed by atoms with Crippen molar-refractivity contribution in [2.75, 3.05) is 27.2 Å². The quantitative estimate of drug-likeness (QED) is 0.590. The molecule has 7 nitrogen and oxygen atoms in total. The Hall–Kier alpha value is -1.45. The Morgan fingerprint density at radius 3 is 2.56 bits per heavy atom. The summed E-state index contributed by atoms with van der Waals surface area (Å²) >= 11 is 12.2. The lowest BCUT2D eigenvalue weighted by atomic mass is 9.89. The number of likely N-dealkylation sites (tertiary alicyclic amines) is 1. The van der Waals surface area contributed by atoms with Crippen molar-refractivity contribution in [3.8, 4) is 0 Å². The minimum atomic E-state index is -4.01. The lowest BCUT2D eigenvalue weighted by Gasteiger charge is -2.38. The van der Waals surface area contributed by atoms with Crippen LogP contribution < -0.4 is 4.72 Å². The first-order chi connectivity index (χ1) is 12.7. The summed E-state index contributed by atoms with van der Waals surface area (Å²) in [6, 6.07) is 4.39. The van der Waals surface area contributed by atoms with Crippen LogP contribution in [-0.2, 0) is 19.6 Å². The number of esters is 1. The van der Waals surface area contributed by atoms with Crippen molar-refractivity contribution >= 4 is 50.0 Å². The fourth-order valence-electron chi connectivity index (χ4n) is 3.18. The molecular formula is C17H19Cl2N3O4S. The highest BCUT2D eigenvalue weighted by Gasteiger charge is 2.45. The van der Waals surface area contributed by atoms with Crippen LogP contribution in [0.25, 0.3) is 10.8 Å². The van der Waals surface area contributed by atoms with E-state index in [4.69, 9.17) is 27.9 Å². The highest BCUT2D eigenvalue weighted by atomic mass is 35.5. The van der Waals surface area contributed by atoms with Gasteiger partial charge in [0.05, 0.1) is 17.0 Å². The second-order valence-corrected chi connectivity index (χ2v) is 9.03. The molecule has 2 heterocycles. The Labute approximate surface area is 167 Å². The summed E-state index contributed by atoms with van der Waals surface area (Å²) in [4.78, 5) is 18.3. The van der Waals surface area contributed by atoms with Crippen LogP contribution in [0.15, 0.2) is 29.3 Å². The normalized spacial score (nSPS) is 17.8. The van der Waals surface area contributed by atoms with Crippen LogP contribution in [0.3, 0.4) is 0 Å². The molecule has 1 saturated heterocycles. The van der Waals surface area contributed by atoms with Gasteiger partial charge >= 0.3 is 5.97 Å². The van der Waals surface area contributed by atoms with Crippen molar-refractivity contribution in [1.29, 1.82) is 0 Å². The number of methoxy groups -OCH3 is 1. The van der Waals surface area contributed by atoms with Crippen LogP contribution in [0.5, 0.6) is 0 Å². The zero-order chi connectivity index (χ0) is 19.8. The summed E-state index contributed by atoms with van der Waals surface area (Å²) < 4.78 is 33.5. The van der Waals surface area contributed by atoms with Crippen LogP contribution in [0.1, 0.15) is 12.8 Å². The van der Waals surface area contributed by atoms with Crippen LogP contribution in [0.2, 0.25) is 10.2 Å². The average Bonchev–Trinajstić information content (AvgIpc) is 2.65. The summed E-state index contributed by atoms with van der Waals surface area (Å²) in [6.07, 6.45) is 2.04. The summed E-state index contributed by atoms with van der Waals surface area (Å²) in [5.74, 6) is -0.595. The number of nitrogens with one attached hydrogen (secondary N) is 1. The SMILES string of the molecule is COC(=O)C1(NS(=O)(=O)c2ccc3c(Cl)cnc(Cl)c3c2)CCN(C)CC1. The number of carbonyl (C=O) groups excluding carboxylic acids is 1. The summed E-state index contributed by atoms with van der Waals surface area (Å²) in [7, 11) is -0.846. The van der Waals surface area contributed by atoms with Gasteiger partial charge in [-0.25, -0.2) is 13.4 Å². The van der Waals surface area contributed by atoms with E-state index < -0.39 is 21.5 Å². The Morgan fingerprint density at radius 1 is 1.26 bits per heavy atom. The van der Waals surface area contributed by atoms with Gasteiger partial charge in [-0.1, -0.05) is 29.3 Å². The molecule has 1 aliphatic heterocycles. The minimum absolute atomic E-state index is 0.0248. The van der Waals surface area contributed by atoms with Crippen molar-refractivity contribution in [3.63, 3.8) is 0 Å². The molecule has 1 aliphatic rings. The highest BCUT2D eigenvalue weighted by Crippen LogP contribution is 2.31. The van der Waals surface area contributed by atoms with Crippen molar-refractivity contribution in [1.82, 2.24) is 14.6 Å². The predicted octanol–water partition coefficient (Wildman–Crippen LogP) is 2.46. The summed E-state index contributed by atoms with van der Waals surface area (Å²) in [5.41, 5.74) is -1.30. The maximum Gasteiger partial charge on any atom is 0.327 e. The van der Waals surface area contributed by atoms with Crippen molar-refractivity contribution in [3.05, 3.63) is 34.6 Å².